The van der Waals surface area contributed by atoms with Gasteiger partial charge in [-0.25, -0.2) is 10.2 Å². The molecule has 0 aromatic heterocycles. The molecule has 0 bridgehead atoms. The number of benzene rings is 1. The van der Waals surface area contributed by atoms with Gasteiger partial charge < -0.3 is 20.3 Å². The number of likely N-dealkylation sites (tertiary alicyclic amines) is 1. The Bertz CT molecular complexity index is 854. The van der Waals surface area contributed by atoms with Crippen molar-refractivity contribution in [3.8, 4) is 0 Å². The second-order valence-electron chi connectivity index (χ2n) is 9.74. The molecule has 2 saturated heterocycles. The minimum atomic E-state index is -0.617. The molecular formula is C24H35N5O4. The summed E-state index contributed by atoms with van der Waals surface area (Å²) in [6, 6.07) is 9.22. The van der Waals surface area contributed by atoms with Crippen molar-refractivity contribution in [2.45, 2.75) is 70.3 Å². The Morgan fingerprint density at radius 1 is 1.15 bits per heavy atom. The molecule has 3 fully saturated rings. The number of hydrazine groups is 1. The fourth-order valence-electron chi connectivity index (χ4n) is 4.74. The van der Waals surface area contributed by atoms with Gasteiger partial charge in [0.15, 0.2) is 0 Å². The molecule has 33 heavy (non-hydrogen) atoms. The van der Waals surface area contributed by atoms with Gasteiger partial charge in [-0.3, -0.25) is 14.6 Å². The summed E-state index contributed by atoms with van der Waals surface area (Å²) in [5.74, 6) is 0.501. The summed E-state index contributed by atoms with van der Waals surface area (Å²) in [5.41, 5.74) is 3.65. The Balaban J connectivity index is 1.34. The SMILES string of the molecule is CC(C)CNC1CCC(NN2CC2=O)(N2CC[C@H](NC(=O)OCc3ccccc3)C2=O)CC1. The van der Waals surface area contributed by atoms with Crippen LogP contribution in [0, 0.1) is 5.92 Å². The van der Waals surface area contributed by atoms with Crippen molar-refractivity contribution < 1.29 is 19.1 Å². The van der Waals surface area contributed by atoms with Gasteiger partial charge in [-0.15, -0.1) is 0 Å². The monoisotopic (exact) mass is 457 g/mol. The van der Waals surface area contributed by atoms with Crippen molar-refractivity contribution in [3.63, 3.8) is 0 Å². The van der Waals surface area contributed by atoms with Gasteiger partial charge in [0.25, 0.3) is 5.91 Å². The van der Waals surface area contributed by atoms with Crippen molar-refractivity contribution in [1.82, 2.24) is 26.0 Å². The molecule has 0 unspecified atom stereocenters. The van der Waals surface area contributed by atoms with E-state index in [4.69, 9.17) is 4.74 Å². The van der Waals surface area contributed by atoms with E-state index in [-0.39, 0.29) is 18.4 Å². The summed E-state index contributed by atoms with van der Waals surface area (Å²) in [6.07, 6.45) is 3.27. The Morgan fingerprint density at radius 2 is 1.85 bits per heavy atom. The number of amides is 3. The number of carbonyl (C=O) groups excluding carboxylic acids is 3. The average Bonchev–Trinajstić information content (AvgIpc) is 3.37. The third-order valence-corrected chi connectivity index (χ3v) is 6.69. The maximum Gasteiger partial charge on any atom is 0.408 e. The van der Waals surface area contributed by atoms with E-state index in [2.05, 4.69) is 29.9 Å². The molecule has 3 aliphatic rings. The molecule has 1 aliphatic carbocycles. The van der Waals surface area contributed by atoms with Gasteiger partial charge in [0.05, 0.1) is 0 Å². The van der Waals surface area contributed by atoms with Gasteiger partial charge in [0.1, 0.15) is 24.9 Å². The van der Waals surface area contributed by atoms with Crippen LogP contribution in [-0.4, -0.2) is 65.2 Å². The molecule has 4 rings (SSSR count). The van der Waals surface area contributed by atoms with Gasteiger partial charge in [0, 0.05) is 12.6 Å². The zero-order chi connectivity index (χ0) is 23.4. The van der Waals surface area contributed by atoms with Crippen molar-refractivity contribution in [3.05, 3.63) is 35.9 Å². The highest BCUT2D eigenvalue weighted by atomic mass is 16.5. The number of hydrogen-bond donors (Lipinski definition) is 3. The topological polar surface area (TPSA) is 103 Å². The normalized spacial score (nSPS) is 27.2. The van der Waals surface area contributed by atoms with E-state index in [9.17, 15) is 14.4 Å². The number of alkyl carbamates (subject to hydrolysis) is 1. The van der Waals surface area contributed by atoms with E-state index in [1.807, 2.05) is 35.2 Å². The minimum absolute atomic E-state index is 0.0419. The lowest BCUT2D eigenvalue weighted by atomic mass is 9.84. The second kappa shape index (κ2) is 10.1. The van der Waals surface area contributed by atoms with Crippen LogP contribution in [0.25, 0.3) is 0 Å². The first kappa shape index (κ1) is 23.5. The molecule has 180 valence electrons. The molecule has 2 heterocycles. The largest absolute Gasteiger partial charge is 0.445 e. The fraction of sp³-hybridized carbons (Fsp3) is 0.625. The Labute approximate surface area is 195 Å². The van der Waals surface area contributed by atoms with E-state index in [0.717, 1.165) is 37.8 Å². The quantitative estimate of drug-likeness (QED) is 0.488. The van der Waals surface area contributed by atoms with Gasteiger partial charge in [-0.2, -0.15) is 0 Å². The van der Waals surface area contributed by atoms with E-state index >= 15 is 0 Å². The first-order valence-corrected chi connectivity index (χ1v) is 12.0. The van der Waals surface area contributed by atoms with Gasteiger partial charge in [-0.05, 0) is 50.1 Å². The maximum absolute atomic E-state index is 13.3. The van der Waals surface area contributed by atoms with Crippen LogP contribution in [0.2, 0.25) is 0 Å². The van der Waals surface area contributed by atoms with Crippen molar-refractivity contribution in [2.75, 3.05) is 19.6 Å². The predicted octanol–water partition coefficient (Wildman–Crippen LogP) is 1.75. The summed E-state index contributed by atoms with van der Waals surface area (Å²) < 4.78 is 5.30. The molecule has 9 nitrogen and oxygen atoms in total. The van der Waals surface area contributed by atoms with E-state index in [0.29, 0.717) is 31.5 Å². The maximum atomic E-state index is 13.3. The molecule has 2 aliphatic heterocycles. The van der Waals surface area contributed by atoms with Crippen LogP contribution >= 0.6 is 0 Å². The fourth-order valence-corrected chi connectivity index (χ4v) is 4.74. The van der Waals surface area contributed by atoms with Gasteiger partial charge >= 0.3 is 6.09 Å². The molecule has 3 amide bonds. The van der Waals surface area contributed by atoms with Crippen LogP contribution in [0.15, 0.2) is 30.3 Å². The number of nitrogens with zero attached hydrogens (tertiary/aromatic N) is 2. The highest BCUT2D eigenvalue weighted by Crippen LogP contribution is 2.36. The molecule has 1 atom stereocenters. The van der Waals surface area contributed by atoms with Crippen LogP contribution in [0.4, 0.5) is 4.79 Å². The lowest BCUT2D eigenvalue weighted by molar-refractivity contribution is -0.141. The van der Waals surface area contributed by atoms with Crippen LogP contribution < -0.4 is 16.1 Å². The molecule has 0 spiro atoms. The summed E-state index contributed by atoms with van der Waals surface area (Å²) in [5, 5.41) is 7.93. The predicted molar refractivity (Wildman–Crippen MR) is 123 cm³/mol. The number of rotatable bonds is 9. The third-order valence-electron chi connectivity index (χ3n) is 6.69. The summed E-state index contributed by atoms with van der Waals surface area (Å²) in [4.78, 5) is 39.1. The third kappa shape index (κ3) is 5.83. The van der Waals surface area contributed by atoms with Crippen molar-refractivity contribution in [1.29, 1.82) is 0 Å². The summed E-state index contributed by atoms with van der Waals surface area (Å²) in [6.45, 7) is 6.40. The van der Waals surface area contributed by atoms with Crippen molar-refractivity contribution >= 4 is 17.9 Å². The second-order valence-corrected chi connectivity index (χ2v) is 9.74. The average molecular weight is 458 g/mol. The molecule has 1 aromatic carbocycles. The van der Waals surface area contributed by atoms with Gasteiger partial charge in [0.2, 0.25) is 5.91 Å². The van der Waals surface area contributed by atoms with E-state index < -0.39 is 17.8 Å². The Kier molecular flexibility index (Phi) is 7.19. The Hall–Kier alpha value is -2.65. The van der Waals surface area contributed by atoms with Crippen LogP contribution in [0.3, 0.4) is 0 Å². The molecule has 1 aromatic rings. The number of hydrogen-bond acceptors (Lipinski definition) is 6. The van der Waals surface area contributed by atoms with Crippen molar-refractivity contribution in [2.24, 2.45) is 5.92 Å². The standard InChI is InChI=1S/C24H35N5O4/c1-17(2)14-25-19-8-11-24(12-9-19,27-29-15-21(29)30)28-13-10-20(22(28)31)26-23(32)33-16-18-6-4-3-5-7-18/h3-7,17,19-20,25,27H,8-16H2,1-2H3,(H,26,32)/t19?,20-,24?,29?/m0/s1. The molecule has 9 heteroatoms. The highest BCUT2D eigenvalue weighted by molar-refractivity contribution is 5.92. The number of ether oxygens (including phenoxy) is 1. The Morgan fingerprint density at radius 3 is 2.48 bits per heavy atom. The number of carbonyl (C=O) groups is 3. The van der Waals surface area contributed by atoms with Gasteiger partial charge in [-0.1, -0.05) is 44.2 Å². The molecule has 0 radical (unpaired) electrons. The lowest BCUT2D eigenvalue weighted by Gasteiger charge is -2.47. The van der Waals surface area contributed by atoms with E-state index in [1.54, 1.807) is 5.01 Å². The summed E-state index contributed by atoms with van der Waals surface area (Å²) >= 11 is 0. The first-order valence-electron chi connectivity index (χ1n) is 12.0. The summed E-state index contributed by atoms with van der Waals surface area (Å²) in [7, 11) is 0. The molecular weight excluding hydrogens is 422 g/mol. The lowest BCUT2D eigenvalue weighted by Crippen LogP contribution is -2.64. The number of nitrogens with one attached hydrogen (secondary N) is 3. The smallest absolute Gasteiger partial charge is 0.408 e. The highest BCUT2D eigenvalue weighted by Gasteiger charge is 2.50. The first-order chi connectivity index (χ1) is 15.9. The van der Waals surface area contributed by atoms with E-state index in [1.165, 1.54) is 0 Å². The zero-order valence-electron chi connectivity index (χ0n) is 19.5. The minimum Gasteiger partial charge on any atom is -0.445 e. The zero-order valence-corrected chi connectivity index (χ0v) is 19.5. The molecule has 1 saturated carbocycles. The van der Waals surface area contributed by atoms with Crippen LogP contribution in [0.5, 0.6) is 0 Å². The molecule has 3 N–H and O–H groups in total. The van der Waals surface area contributed by atoms with Crippen LogP contribution in [0.1, 0.15) is 51.5 Å². The van der Waals surface area contributed by atoms with Crippen LogP contribution in [-0.2, 0) is 20.9 Å².